The van der Waals surface area contributed by atoms with Gasteiger partial charge in [-0.25, -0.2) is 0 Å². The molecule has 0 aliphatic heterocycles. The van der Waals surface area contributed by atoms with Gasteiger partial charge in [0.2, 0.25) is 12.0 Å². The van der Waals surface area contributed by atoms with Gasteiger partial charge in [0.15, 0.2) is 0 Å². The largest absolute Gasteiger partial charge is 0.447 e. The maximum atomic E-state index is 12.5. The van der Waals surface area contributed by atoms with Gasteiger partial charge in [-0.15, -0.1) is 0 Å². The van der Waals surface area contributed by atoms with Crippen molar-refractivity contribution in [2.45, 2.75) is 37.8 Å². The fourth-order valence-electron chi connectivity index (χ4n) is 2.74. The van der Waals surface area contributed by atoms with Crippen LogP contribution < -0.4 is 10.6 Å². The highest BCUT2D eigenvalue weighted by atomic mass is 16.5. The molecule has 2 aromatic rings. The average molecular weight is 380 g/mol. The molecule has 0 bridgehead atoms. The van der Waals surface area contributed by atoms with E-state index >= 15 is 0 Å². The van der Waals surface area contributed by atoms with E-state index in [1.807, 2.05) is 36.4 Å². The Morgan fingerprint density at radius 1 is 0.964 bits per heavy atom. The molecule has 1 aliphatic carbocycles. The number of esters is 1. The van der Waals surface area contributed by atoms with E-state index in [1.165, 1.54) is 0 Å². The minimum atomic E-state index is -0.977. The molecule has 3 rings (SSSR count). The summed E-state index contributed by atoms with van der Waals surface area (Å²) < 4.78 is 5.42. The predicted octanol–water partition coefficient (Wildman–Crippen LogP) is 2.30. The van der Waals surface area contributed by atoms with Crippen LogP contribution in [0.1, 0.15) is 36.5 Å². The van der Waals surface area contributed by atoms with Crippen LogP contribution in [0, 0.1) is 0 Å². The molecule has 0 aromatic heterocycles. The Balaban J connectivity index is 1.47. The van der Waals surface area contributed by atoms with Gasteiger partial charge in [0.1, 0.15) is 0 Å². The summed E-state index contributed by atoms with van der Waals surface area (Å²) in [6, 6.07) is 18.5. The number of hydrogen-bond donors (Lipinski definition) is 2. The van der Waals surface area contributed by atoms with Crippen LogP contribution in [-0.2, 0) is 25.5 Å². The number of nitrogens with one attached hydrogen (secondary N) is 2. The summed E-state index contributed by atoms with van der Waals surface area (Å²) in [6.45, 7) is 0.163. The Kier molecular flexibility index (Phi) is 6.78. The number of carbonyl (C=O) groups is 3. The SMILES string of the molecule is O=C(Cc1ccccc1)NCCC(=O)OC(C(=O)NC1CC1)c1ccccc1. The molecule has 146 valence electrons. The number of carbonyl (C=O) groups excluding carboxylic acids is 3. The maximum Gasteiger partial charge on any atom is 0.308 e. The smallest absolute Gasteiger partial charge is 0.308 e. The zero-order chi connectivity index (χ0) is 19.8. The van der Waals surface area contributed by atoms with Gasteiger partial charge in [0, 0.05) is 18.2 Å². The van der Waals surface area contributed by atoms with Gasteiger partial charge in [-0.2, -0.15) is 0 Å². The lowest BCUT2D eigenvalue weighted by Crippen LogP contribution is -2.34. The van der Waals surface area contributed by atoms with Crippen molar-refractivity contribution in [3.05, 3.63) is 71.8 Å². The normalized spacial score (nSPS) is 14.0. The third-order valence-electron chi connectivity index (χ3n) is 4.37. The lowest BCUT2D eigenvalue weighted by atomic mass is 10.1. The van der Waals surface area contributed by atoms with E-state index in [0.29, 0.717) is 5.56 Å². The third kappa shape index (κ3) is 6.23. The lowest BCUT2D eigenvalue weighted by Gasteiger charge is -2.18. The molecule has 1 atom stereocenters. The van der Waals surface area contributed by atoms with Gasteiger partial charge < -0.3 is 15.4 Å². The highest BCUT2D eigenvalue weighted by molar-refractivity contribution is 5.85. The molecular weight excluding hydrogens is 356 g/mol. The van der Waals surface area contributed by atoms with Crippen molar-refractivity contribution in [3.8, 4) is 0 Å². The second-order valence-corrected chi connectivity index (χ2v) is 6.83. The van der Waals surface area contributed by atoms with E-state index in [-0.39, 0.29) is 37.2 Å². The minimum Gasteiger partial charge on any atom is -0.447 e. The molecule has 1 unspecified atom stereocenters. The van der Waals surface area contributed by atoms with Gasteiger partial charge in [-0.3, -0.25) is 14.4 Å². The molecule has 6 heteroatoms. The van der Waals surface area contributed by atoms with Crippen molar-refractivity contribution in [2.75, 3.05) is 6.54 Å². The van der Waals surface area contributed by atoms with Crippen LogP contribution in [0.2, 0.25) is 0 Å². The first-order chi connectivity index (χ1) is 13.6. The van der Waals surface area contributed by atoms with Crippen molar-refractivity contribution in [1.82, 2.24) is 10.6 Å². The molecule has 0 saturated heterocycles. The zero-order valence-corrected chi connectivity index (χ0v) is 15.6. The number of benzene rings is 2. The number of hydrogen-bond acceptors (Lipinski definition) is 4. The predicted molar refractivity (Wildman–Crippen MR) is 104 cm³/mol. The summed E-state index contributed by atoms with van der Waals surface area (Å²) in [5, 5.41) is 5.58. The fraction of sp³-hybridized carbons (Fsp3) is 0.318. The van der Waals surface area contributed by atoms with E-state index in [4.69, 9.17) is 4.74 Å². The molecule has 2 aromatic carbocycles. The van der Waals surface area contributed by atoms with Crippen molar-refractivity contribution >= 4 is 17.8 Å². The molecule has 1 aliphatic rings. The standard InChI is InChI=1S/C22H24N2O4/c25-19(15-16-7-3-1-4-8-16)23-14-13-20(26)28-21(17-9-5-2-6-10-17)22(27)24-18-11-12-18/h1-10,18,21H,11-15H2,(H,23,25)(H,24,27). The molecule has 28 heavy (non-hydrogen) atoms. The first-order valence-electron chi connectivity index (χ1n) is 9.47. The van der Waals surface area contributed by atoms with E-state index in [0.717, 1.165) is 18.4 Å². The zero-order valence-electron chi connectivity index (χ0n) is 15.6. The monoisotopic (exact) mass is 380 g/mol. The minimum absolute atomic E-state index is 0.000567. The van der Waals surface area contributed by atoms with Crippen LogP contribution in [0.5, 0.6) is 0 Å². The number of rotatable bonds is 9. The van der Waals surface area contributed by atoms with Crippen molar-refractivity contribution in [1.29, 1.82) is 0 Å². The van der Waals surface area contributed by atoms with E-state index in [1.54, 1.807) is 24.3 Å². The van der Waals surface area contributed by atoms with Gasteiger partial charge in [0.25, 0.3) is 5.91 Å². The highest BCUT2D eigenvalue weighted by Crippen LogP contribution is 2.23. The van der Waals surface area contributed by atoms with Gasteiger partial charge >= 0.3 is 5.97 Å². The third-order valence-corrected chi connectivity index (χ3v) is 4.37. The molecule has 0 heterocycles. The van der Waals surface area contributed by atoms with E-state index in [9.17, 15) is 14.4 Å². The Labute approximate surface area is 164 Å². The van der Waals surface area contributed by atoms with Crippen LogP contribution >= 0.6 is 0 Å². The lowest BCUT2D eigenvalue weighted by molar-refractivity contribution is -0.156. The van der Waals surface area contributed by atoms with Crippen molar-refractivity contribution in [2.24, 2.45) is 0 Å². The first kappa shape index (κ1) is 19.6. The summed E-state index contributed by atoms with van der Waals surface area (Å²) in [4.78, 5) is 36.6. The van der Waals surface area contributed by atoms with Crippen LogP contribution in [0.3, 0.4) is 0 Å². The van der Waals surface area contributed by atoms with Crippen LogP contribution in [0.25, 0.3) is 0 Å². The molecule has 1 fully saturated rings. The Bertz CT molecular complexity index is 804. The van der Waals surface area contributed by atoms with Gasteiger partial charge in [-0.05, 0) is 18.4 Å². The molecule has 6 nitrogen and oxygen atoms in total. The van der Waals surface area contributed by atoms with Crippen LogP contribution in [0.15, 0.2) is 60.7 Å². The first-order valence-corrected chi connectivity index (χ1v) is 9.47. The molecule has 1 saturated carbocycles. The van der Waals surface area contributed by atoms with E-state index < -0.39 is 12.1 Å². The molecular formula is C22H24N2O4. The van der Waals surface area contributed by atoms with Crippen molar-refractivity contribution in [3.63, 3.8) is 0 Å². The second kappa shape index (κ2) is 9.69. The maximum absolute atomic E-state index is 12.5. The fourth-order valence-corrected chi connectivity index (χ4v) is 2.74. The quantitative estimate of drug-likeness (QED) is 0.654. The molecule has 0 spiro atoms. The summed E-state index contributed by atoms with van der Waals surface area (Å²) in [5.74, 6) is -1.000. The number of ether oxygens (including phenoxy) is 1. The van der Waals surface area contributed by atoms with Crippen LogP contribution in [-0.4, -0.2) is 30.4 Å². The summed E-state index contributed by atoms with van der Waals surface area (Å²) >= 11 is 0. The van der Waals surface area contributed by atoms with Gasteiger partial charge in [-0.1, -0.05) is 60.7 Å². The summed E-state index contributed by atoms with van der Waals surface area (Å²) in [6.07, 6.45) is 1.19. The Morgan fingerprint density at radius 3 is 2.25 bits per heavy atom. The van der Waals surface area contributed by atoms with Crippen molar-refractivity contribution < 1.29 is 19.1 Å². The van der Waals surface area contributed by atoms with Gasteiger partial charge in [0.05, 0.1) is 12.8 Å². The molecule has 2 N–H and O–H groups in total. The van der Waals surface area contributed by atoms with E-state index in [2.05, 4.69) is 10.6 Å². The summed E-state index contributed by atoms with van der Waals surface area (Å²) in [5.41, 5.74) is 1.53. The Hall–Kier alpha value is -3.15. The highest BCUT2D eigenvalue weighted by Gasteiger charge is 2.30. The Morgan fingerprint density at radius 2 is 1.61 bits per heavy atom. The molecule has 0 radical (unpaired) electrons. The van der Waals surface area contributed by atoms with Crippen LogP contribution in [0.4, 0.5) is 0 Å². The summed E-state index contributed by atoms with van der Waals surface area (Å²) in [7, 11) is 0. The topological polar surface area (TPSA) is 84.5 Å². The average Bonchev–Trinajstić information content (AvgIpc) is 3.51. The second-order valence-electron chi connectivity index (χ2n) is 6.83. The molecule has 2 amide bonds. The number of amides is 2.